The molecule has 2 atom stereocenters. The van der Waals surface area contributed by atoms with Gasteiger partial charge in [-0.05, 0) is 36.4 Å². The molecule has 0 bridgehead atoms. The van der Waals surface area contributed by atoms with Gasteiger partial charge in [0.2, 0.25) is 0 Å². The number of cyclic esters (lactones) is 1. The summed E-state index contributed by atoms with van der Waals surface area (Å²) < 4.78 is 20.7. The van der Waals surface area contributed by atoms with Crippen LogP contribution in [0.4, 0.5) is 4.39 Å². The lowest BCUT2D eigenvalue weighted by atomic mass is 10.0. The molecule has 0 saturated carbocycles. The average Bonchev–Trinajstić information content (AvgIpc) is 2.98. The van der Waals surface area contributed by atoms with Crippen LogP contribution >= 0.6 is 0 Å². The van der Waals surface area contributed by atoms with E-state index in [0.29, 0.717) is 19.4 Å². The normalized spacial score (nSPS) is 20.3. The van der Waals surface area contributed by atoms with Gasteiger partial charge in [0.05, 0.1) is 23.6 Å². The molecule has 0 aliphatic carbocycles. The van der Waals surface area contributed by atoms with Crippen molar-refractivity contribution in [3.8, 4) is 11.4 Å². The highest BCUT2D eigenvalue weighted by Gasteiger charge is 2.27. The quantitative estimate of drug-likeness (QED) is 0.730. The van der Waals surface area contributed by atoms with E-state index in [9.17, 15) is 14.3 Å². The minimum Gasteiger partial charge on any atom is -0.462 e. The molecule has 1 fully saturated rings. The molecule has 0 spiro atoms. The molecule has 134 valence electrons. The zero-order chi connectivity index (χ0) is 18.1. The largest absolute Gasteiger partial charge is 0.462 e. The highest BCUT2D eigenvalue weighted by molar-refractivity contribution is 5.80. The summed E-state index contributed by atoms with van der Waals surface area (Å²) in [5.41, 5.74) is 2.64. The van der Waals surface area contributed by atoms with Gasteiger partial charge in [0.25, 0.3) is 0 Å². The van der Waals surface area contributed by atoms with Gasteiger partial charge >= 0.3 is 5.97 Å². The molecular weight excluding hydrogens is 335 g/mol. The molecule has 3 aromatic rings. The minimum atomic E-state index is -0.641. The standard InChI is InChI=1S/C20H19FN2O3/c21-14-7-5-13(6-8-14)20-22-17-3-1-2-4-18(17)23(20)10-9-16-11-15(24)12-19(25)26-16/h1-8,15-16,24H,9-12H2/t15-,16-/m0/s1. The van der Waals surface area contributed by atoms with Gasteiger partial charge in [-0.1, -0.05) is 12.1 Å². The lowest BCUT2D eigenvalue weighted by Gasteiger charge is -2.26. The van der Waals surface area contributed by atoms with Crippen LogP contribution in [0.5, 0.6) is 0 Å². The SMILES string of the molecule is O=C1C[C@@H](O)C[C@H](CCn2c(-c3ccc(F)cc3)nc3ccccc32)O1. The number of aliphatic hydroxyl groups excluding tert-OH is 1. The Morgan fingerprint density at radius 1 is 1.19 bits per heavy atom. The lowest BCUT2D eigenvalue weighted by Crippen LogP contribution is -2.33. The van der Waals surface area contributed by atoms with Crippen molar-refractivity contribution < 1.29 is 19.0 Å². The maximum absolute atomic E-state index is 13.3. The van der Waals surface area contributed by atoms with E-state index < -0.39 is 6.10 Å². The monoisotopic (exact) mass is 354 g/mol. The second-order valence-electron chi connectivity index (χ2n) is 6.58. The van der Waals surface area contributed by atoms with Crippen molar-refractivity contribution in [2.45, 2.75) is 38.0 Å². The third-order valence-electron chi connectivity index (χ3n) is 4.67. The number of nitrogens with zero attached hydrogens (tertiary/aromatic N) is 2. The van der Waals surface area contributed by atoms with Gasteiger partial charge in [-0.15, -0.1) is 0 Å². The van der Waals surface area contributed by atoms with Crippen LogP contribution in [0.3, 0.4) is 0 Å². The Balaban J connectivity index is 1.65. The maximum atomic E-state index is 13.3. The fourth-order valence-electron chi connectivity index (χ4n) is 3.43. The number of aromatic nitrogens is 2. The van der Waals surface area contributed by atoms with Crippen molar-refractivity contribution in [2.75, 3.05) is 0 Å². The second-order valence-corrected chi connectivity index (χ2v) is 6.58. The predicted molar refractivity (Wildman–Crippen MR) is 94.9 cm³/mol. The Hall–Kier alpha value is -2.73. The summed E-state index contributed by atoms with van der Waals surface area (Å²) in [5.74, 6) is 0.0939. The second kappa shape index (κ2) is 6.88. The Morgan fingerprint density at radius 3 is 2.73 bits per heavy atom. The first kappa shape index (κ1) is 16.7. The van der Waals surface area contributed by atoms with Crippen LogP contribution in [0.2, 0.25) is 0 Å². The van der Waals surface area contributed by atoms with Crippen LogP contribution < -0.4 is 0 Å². The fraction of sp³-hybridized carbons (Fsp3) is 0.300. The van der Waals surface area contributed by atoms with Crippen LogP contribution in [0.15, 0.2) is 48.5 Å². The van der Waals surface area contributed by atoms with E-state index in [-0.39, 0.29) is 24.3 Å². The van der Waals surface area contributed by atoms with Gasteiger partial charge < -0.3 is 14.4 Å². The summed E-state index contributed by atoms with van der Waals surface area (Å²) >= 11 is 0. The smallest absolute Gasteiger partial charge is 0.308 e. The van der Waals surface area contributed by atoms with Crippen molar-refractivity contribution in [3.63, 3.8) is 0 Å². The molecule has 1 aliphatic rings. The van der Waals surface area contributed by atoms with Gasteiger partial charge in [0.1, 0.15) is 17.7 Å². The summed E-state index contributed by atoms with van der Waals surface area (Å²) in [6, 6.07) is 14.0. The number of aryl methyl sites for hydroxylation is 1. The van der Waals surface area contributed by atoms with Crippen molar-refractivity contribution >= 4 is 17.0 Å². The molecule has 1 aliphatic heterocycles. The molecule has 6 heteroatoms. The molecule has 2 aromatic carbocycles. The van der Waals surface area contributed by atoms with E-state index in [1.54, 1.807) is 12.1 Å². The summed E-state index contributed by atoms with van der Waals surface area (Å²) in [4.78, 5) is 16.2. The number of hydrogen-bond acceptors (Lipinski definition) is 4. The molecule has 2 heterocycles. The predicted octanol–water partition coefficient (Wildman–Crippen LogP) is 3.30. The average molecular weight is 354 g/mol. The molecule has 4 rings (SSSR count). The third kappa shape index (κ3) is 3.32. The first-order valence-electron chi connectivity index (χ1n) is 8.69. The first-order chi connectivity index (χ1) is 12.6. The number of esters is 1. The summed E-state index contributed by atoms with van der Waals surface area (Å²) in [5, 5.41) is 9.78. The van der Waals surface area contributed by atoms with Gasteiger partial charge in [-0.25, -0.2) is 9.37 Å². The highest BCUT2D eigenvalue weighted by Crippen LogP contribution is 2.27. The number of carbonyl (C=O) groups excluding carboxylic acids is 1. The number of imidazole rings is 1. The Kier molecular flexibility index (Phi) is 4.42. The summed E-state index contributed by atoms with van der Waals surface area (Å²) in [7, 11) is 0. The third-order valence-corrected chi connectivity index (χ3v) is 4.67. The van der Waals surface area contributed by atoms with Crippen LogP contribution in [0, 0.1) is 5.82 Å². The van der Waals surface area contributed by atoms with E-state index in [1.165, 1.54) is 12.1 Å². The molecular formula is C20H19FN2O3. The number of halogens is 1. The zero-order valence-corrected chi connectivity index (χ0v) is 14.1. The topological polar surface area (TPSA) is 64.3 Å². The number of para-hydroxylation sites is 2. The molecule has 1 aromatic heterocycles. The first-order valence-corrected chi connectivity index (χ1v) is 8.69. The number of ether oxygens (including phenoxy) is 1. The van der Waals surface area contributed by atoms with E-state index in [1.807, 2.05) is 24.3 Å². The van der Waals surface area contributed by atoms with Gasteiger partial charge in [-0.2, -0.15) is 0 Å². The Labute approximate surface area is 150 Å². The van der Waals surface area contributed by atoms with Crippen molar-refractivity contribution in [2.24, 2.45) is 0 Å². The van der Waals surface area contributed by atoms with Crippen LogP contribution in [-0.2, 0) is 16.1 Å². The number of fused-ring (bicyclic) bond motifs is 1. The number of benzene rings is 2. The van der Waals surface area contributed by atoms with E-state index >= 15 is 0 Å². The zero-order valence-electron chi connectivity index (χ0n) is 14.1. The molecule has 0 amide bonds. The van der Waals surface area contributed by atoms with Gasteiger partial charge in [0.15, 0.2) is 0 Å². The lowest BCUT2D eigenvalue weighted by molar-refractivity contribution is -0.160. The van der Waals surface area contributed by atoms with Crippen molar-refractivity contribution in [1.29, 1.82) is 0 Å². The van der Waals surface area contributed by atoms with E-state index in [2.05, 4.69) is 9.55 Å². The van der Waals surface area contributed by atoms with E-state index in [4.69, 9.17) is 4.74 Å². The number of hydrogen-bond donors (Lipinski definition) is 1. The highest BCUT2D eigenvalue weighted by atomic mass is 19.1. The number of aliphatic hydroxyl groups is 1. The Morgan fingerprint density at radius 2 is 1.96 bits per heavy atom. The molecule has 1 N–H and O–H groups in total. The fourth-order valence-corrected chi connectivity index (χ4v) is 3.43. The molecule has 1 saturated heterocycles. The van der Waals surface area contributed by atoms with Crippen molar-refractivity contribution in [1.82, 2.24) is 9.55 Å². The van der Waals surface area contributed by atoms with Crippen molar-refractivity contribution in [3.05, 3.63) is 54.3 Å². The number of rotatable bonds is 4. The number of carbonyl (C=O) groups is 1. The van der Waals surface area contributed by atoms with Crippen LogP contribution in [0.1, 0.15) is 19.3 Å². The maximum Gasteiger partial charge on any atom is 0.308 e. The van der Waals surface area contributed by atoms with Gasteiger partial charge in [0, 0.05) is 24.9 Å². The molecule has 0 unspecified atom stereocenters. The minimum absolute atomic E-state index is 0.0608. The molecule has 26 heavy (non-hydrogen) atoms. The van der Waals surface area contributed by atoms with Gasteiger partial charge in [-0.3, -0.25) is 4.79 Å². The molecule has 5 nitrogen and oxygen atoms in total. The van der Waals surface area contributed by atoms with E-state index in [0.717, 1.165) is 22.4 Å². The summed E-state index contributed by atoms with van der Waals surface area (Å²) in [6.45, 7) is 0.581. The van der Waals surface area contributed by atoms with Crippen LogP contribution in [-0.4, -0.2) is 32.8 Å². The van der Waals surface area contributed by atoms with Crippen LogP contribution in [0.25, 0.3) is 22.4 Å². The summed E-state index contributed by atoms with van der Waals surface area (Å²) in [6.07, 6.45) is 0.137. The molecule has 0 radical (unpaired) electrons. The Bertz CT molecular complexity index is 936.